The Hall–Kier alpha value is -1.91. The Bertz CT molecular complexity index is 854. The number of carbonyl (C=O) groups excluding carboxylic acids is 1. The third kappa shape index (κ3) is 42.5. The van der Waals surface area contributed by atoms with E-state index in [-0.39, 0.29) is 19.2 Å². The number of ether oxygens (including phenoxy) is 2. The fourth-order valence-electron chi connectivity index (χ4n) is 6.26. The highest BCUT2D eigenvalue weighted by Crippen LogP contribution is 2.13. The van der Waals surface area contributed by atoms with Gasteiger partial charge in [-0.25, -0.2) is 0 Å². The SMILES string of the molecule is CC/C=C\C/C=C\C/C=C\C/C=C\CCCCCCCCCCCOCC(CO)OC(=O)CCCCCCCCC/C=C\CCCCCCCCC. The van der Waals surface area contributed by atoms with E-state index in [1.807, 2.05) is 0 Å². The minimum atomic E-state index is -0.542. The molecule has 4 nitrogen and oxygen atoms in total. The molecule has 1 unspecified atom stereocenters. The third-order valence-corrected chi connectivity index (χ3v) is 9.58. The quantitative estimate of drug-likeness (QED) is 0.0387. The second kappa shape index (κ2) is 45.2. The van der Waals surface area contributed by atoms with Crippen LogP contribution in [0.5, 0.6) is 0 Å². The lowest BCUT2D eigenvalue weighted by Crippen LogP contribution is -2.27. The summed E-state index contributed by atoms with van der Waals surface area (Å²) < 4.78 is 11.2. The normalized spacial score (nSPS) is 12.9. The molecule has 0 aliphatic heterocycles. The number of rotatable bonds is 41. The second-order valence-corrected chi connectivity index (χ2v) is 14.7. The van der Waals surface area contributed by atoms with E-state index in [9.17, 15) is 9.90 Å². The summed E-state index contributed by atoms with van der Waals surface area (Å²) in [6.45, 7) is 5.22. The summed E-state index contributed by atoms with van der Waals surface area (Å²) in [6, 6.07) is 0. The molecule has 0 radical (unpaired) electrons. The van der Waals surface area contributed by atoms with Crippen LogP contribution >= 0.6 is 0 Å². The van der Waals surface area contributed by atoms with Gasteiger partial charge in [-0.3, -0.25) is 4.79 Å². The number of esters is 1. The molecule has 52 heavy (non-hydrogen) atoms. The van der Waals surface area contributed by atoms with Crippen molar-refractivity contribution in [2.45, 2.75) is 219 Å². The van der Waals surface area contributed by atoms with Crippen molar-refractivity contribution < 1.29 is 19.4 Å². The molecule has 0 spiro atoms. The average Bonchev–Trinajstić information content (AvgIpc) is 3.15. The molecule has 0 fully saturated rings. The van der Waals surface area contributed by atoms with E-state index in [0.717, 1.165) is 44.9 Å². The largest absolute Gasteiger partial charge is 0.457 e. The maximum Gasteiger partial charge on any atom is 0.306 e. The zero-order chi connectivity index (χ0) is 37.7. The van der Waals surface area contributed by atoms with Crippen LogP contribution in [0.2, 0.25) is 0 Å². The van der Waals surface area contributed by atoms with Crippen LogP contribution in [-0.4, -0.2) is 37.0 Å². The van der Waals surface area contributed by atoms with Crippen molar-refractivity contribution in [3.8, 4) is 0 Å². The van der Waals surface area contributed by atoms with Crippen molar-refractivity contribution in [1.29, 1.82) is 0 Å². The zero-order valence-corrected chi connectivity index (χ0v) is 34.6. The molecule has 0 aromatic rings. The van der Waals surface area contributed by atoms with Gasteiger partial charge in [-0.1, -0.05) is 190 Å². The predicted molar refractivity (Wildman–Crippen MR) is 228 cm³/mol. The van der Waals surface area contributed by atoms with Gasteiger partial charge >= 0.3 is 5.97 Å². The maximum absolute atomic E-state index is 12.2. The Morgan fingerprint density at radius 3 is 1.33 bits per heavy atom. The first kappa shape index (κ1) is 50.1. The Labute approximate surface area is 324 Å². The lowest BCUT2D eigenvalue weighted by Gasteiger charge is -2.16. The number of allylic oxidation sites excluding steroid dienone is 10. The summed E-state index contributed by atoms with van der Waals surface area (Å²) >= 11 is 0. The van der Waals surface area contributed by atoms with Gasteiger partial charge in [0.2, 0.25) is 0 Å². The monoisotopic (exact) mass is 727 g/mol. The molecule has 0 heterocycles. The Kier molecular flexibility index (Phi) is 43.6. The Balaban J connectivity index is 3.45. The molecule has 0 aromatic carbocycles. The van der Waals surface area contributed by atoms with Crippen molar-refractivity contribution >= 4 is 5.97 Å². The van der Waals surface area contributed by atoms with Gasteiger partial charge in [-0.15, -0.1) is 0 Å². The van der Waals surface area contributed by atoms with Gasteiger partial charge in [0.15, 0.2) is 0 Å². The van der Waals surface area contributed by atoms with Crippen LogP contribution in [0.15, 0.2) is 60.8 Å². The van der Waals surface area contributed by atoms with Crippen molar-refractivity contribution in [3.63, 3.8) is 0 Å². The number of unbranched alkanes of at least 4 members (excludes halogenated alkanes) is 23. The summed E-state index contributed by atoms with van der Waals surface area (Å²) in [5.41, 5.74) is 0. The van der Waals surface area contributed by atoms with E-state index >= 15 is 0 Å². The van der Waals surface area contributed by atoms with Gasteiger partial charge in [0.1, 0.15) is 6.10 Å². The summed E-state index contributed by atoms with van der Waals surface area (Å²) in [4.78, 5) is 12.2. The molecular weight excluding hydrogens is 641 g/mol. The first-order valence-corrected chi connectivity index (χ1v) is 22.4. The number of aliphatic hydroxyl groups excluding tert-OH is 1. The molecule has 0 aliphatic carbocycles. The molecule has 0 amide bonds. The molecule has 0 rings (SSSR count). The summed E-state index contributed by atoms with van der Waals surface area (Å²) in [5.74, 6) is -0.208. The van der Waals surface area contributed by atoms with Crippen LogP contribution in [0.3, 0.4) is 0 Å². The first-order valence-electron chi connectivity index (χ1n) is 22.4. The second-order valence-electron chi connectivity index (χ2n) is 14.7. The fraction of sp³-hybridized carbons (Fsp3) is 0.771. The number of hydrogen-bond acceptors (Lipinski definition) is 4. The summed E-state index contributed by atoms with van der Waals surface area (Å²) in [7, 11) is 0. The number of hydrogen-bond donors (Lipinski definition) is 1. The number of carbonyl (C=O) groups is 1. The van der Waals surface area contributed by atoms with Crippen LogP contribution in [-0.2, 0) is 14.3 Å². The molecule has 1 atom stereocenters. The number of aliphatic hydroxyl groups is 1. The van der Waals surface area contributed by atoms with E-state index in [4.69, 9.17) is 9.47 Å². The predicted octanol–water partition coefficient (Wildman–Crippen LogP) is 14.8. The van der Waals surface area contributed by atoms with E-state index in [1.54, 1.807) is 0 Å². The Morgan fingerprint density at radius 1 is 0.481 bits per heavy atom. The van der Waals surface area contributed by atoms with Crippen molar-refractivity contribution in [3.05, 3.63) is 60.8 Å². The highest BCUT2D eigenvalue weighted by Gasteiger charge is 2.13. The Morgan fingerprint density at radius 2 is 0.865 bits per heavy atom. The molecular formula is C48H86O4. The van der Waals surface area contributed by atoms with E-state index in [2.05, 4.69) is 74.6 Å². The van der Waals surface area contributed by atoms with Gasteiger partial charge < -0.3 is 14.6 Å². The molecule has 1 N–H and O–H groups in total. The fourth-order valence-corrected chi connectivity index (χ4v) is 6.26. The van der Waals surface area contributed by atoms with Crippen molar-refractivity contribution in [2.75, 3.05) is 19.8 Å². The van der Waals surface area contributed by atoms with Gasteiger partial charge in [-0.05, 0) is 77.0 Å². The van der Waals surface area contributed by atoms with Crippen LogP contribution in [0.4, 0.5) is 0 Å². The van der Waals surface area contributed by atoms with Crippen LogP contribution in [0.1, 0.15) is 213 Å². The van der Waals surface area contributed by atoms with E-state index in [0.29, 0.717) is 13.0 Å². The van der Waals surface area contributed by atoms with Gasteiger partial charge in [0, 0.05) is 13.0 Å². The van der Waals surface area contributed by atoms with Crippen molar-refractivity contribution in [1.82, 2.24) is 0 Å². The van der Waals surface area contributed by atoms with E-state index < -0.39 is 6.10 Å². The minimum absolute atomic E-state index is 0.177. The summed E-state index contributed by atoms with van der Waals surface area (Å²) in [6.07, 6.45) is 60.0. The summed E-state index contributed by atoms with van der Waals surface area (Å²) in [5, 5.41) is 9.62. The lowest BCUT2D eigenvalue weighted by atomic mass is 10.1. The van der Waals surface area contributed by atoms with Crippen LogP contribution < -0.4 is 0 Å². The molecule has 0 saturated carbocycles. The third-order valence-electron chi connectivity index (χ3n) is 9.58. The van der Waals surface area contributed by atoms with E-state index in [1.165, 1.54) is 148 Å². The molecule has 0 bridgehead atoms. The molecule has 0 aliphatic rings. The highest BCUT2D eigenvalue weighted by molar-refractivity contribution is 5.69. The molecule has 0 saturated heterocycles. The maximum atomic E-state index is 12.2. The topological polar surface area (TPSA) is 55.8 Å². The van der Waals surface area contributed by atoms with Gasteiger partial charge in [0.05, 0.1) is 13.2 Å². The van der Waals surface area contributed by atoms with Gasteiger partial charge in [0.25, 0.3) is 0 Å². The lowest BCUT2D eigenvalue weighted by molar-refractivity contribution is -0.154. The van der Waals surface area contributed by atoms with Crippen LogP contribution in [0.25, 0.3) is 0 Å². The molecule has 0 aromatic heterocycles. The smallest absolute Gasteiger partial charge is 0.306 e. The first-order chi connectivity index (χ1) is 25.7. The molecule has 4 heteroatoms. The standard InChI is InChI=1S/C48H86O4/c1-3-5-7-9-11-13-15-17-19-21-23-24-25-26-28-30-32-34-36-38-40-42-44-51-46-47(45-49)52-48(50)43-41-39-37-35-33-31-29-27-22-20-18-16-14-12-10-8-6-4-2/h5,7,11,13,17,19-20,22-24,47,49H,3-4,6,8-10,12,14-16,18,21,25-46H2,1-2H3/b7-5-,13-11-,19-17-,22-20-,24-23-. The van der Waals surface area contributed by atoms with Crippen molar-refractivity contribution in [2.24, 2.45) is 0 Å². The molecule has 302 valence electrons. The average molecular weight is 727 g/mol. The van der Waals surface area contributed by atoms with Crippen LogP contribution in [0, 0.1) is 0 Å². The zero-order valence-electron chi connectivity index (χ0n) is 34.6. The van der Waals surface area contributed by atoms with Gasteiger partial charge in [-0.2, -0.15) is 0 Å². The minimum Gasteiger partial charge on any atom is -0.457 e. The highest BCUT2D eigenvalue weighted by atomic mass is 16.6.